The lowest BCUT2D eigenvalue weighted by Crippen LogP contribution is -2.57. The predicted octanol–water partition coefficient (Wildman–Crippen LogP) is -2.63. The number of guanidine groups is 1. The van der Waals surface area contributed by atoms with Gasteiger partial charge in [-0.3, -0.25) is 29.0 Å². The number of nitrogens with two attached hydrogens (primary N) is 4. The zero-order valence-electron chi connectivity index (χ0n) is 23.2. The van der Waals surface area contributed by atoms with Crippen molar-refractivity contribution in [2.24, 2.45) is 27.9 Å². The summed E-state index contributed by atoms with van der Waals surface area (Å²) in [4.78, 5) is 80.1. The highest BCUT2D eigenvalue weighted by Gasteiger charge is 2.31. The summed E-state index contributed by atoms with van der Waals surface area (Å²) in [7, 11) is 0. The van der Waals surface area contributed by atoms with Crippen LogP contribution < -0.4 is 38.9 Å². The lowest BCUT2D eigenvalue weighted by atomic mass is 10.0. The number of aromatic amines is 1. The second kappa shape index (κ2) is 16.3. The zero-order valence-corrected chi connectivity index (χ0v) is 23.2. The quantitative estimate of drug-likeness (QED) is 0.0477. The normalized spacial score (nSPS) is 13.6. The van der Waals surface area contributed by atoms with Crippen molar-refractivity contribution in [3.8, 4) is 0 Å². The van der Waals surface area contributed by atoms with E-state index >= 15 is 0 Å². The van der Waals surface area contributed by atoms with Gasteiger partial charge in [0.1, 0.15) is 18.1 Å². The highest BCUT2D eigenvalue weighted by Crippen LogP contribution is 2.19. The first-order valence-corrected chi connectivity index (χ1v) is 13.3. The number of carbonyl (C=O) groups excluding carboxylic acids is 4. The van der Waals surface area contributed by atoms with Crippen molar-refractivity contribution < 1.29 is 39.0 Å². The lowest BCUT2D eigenvalue weighted by molar-refractivity contribution is -0.143. The van der Waals surface area contributed by atoms with Crippen LogP contribution in [0.2, 0.25) is 0 Å². The minimum atomic E-state index is -1.67. The second-order valence-corrected chi connectivity index (χ2v) is 9.74. The van der Waals surface area contributed by atoms with Gasteiger partial charge in [0.25, 0.3) is 0 Å². The van der Waals surface area contributed by atoms with Gasteiger partial charge in [-0.1, -0.05) is 18.2 Å². The predicted molar refractivity (Wildman–Crippen MR) is 154 cm³/mol. The molecule has 17 nitrogen and oxygen atoms in total. The van der Waals surface area contributed by atoms with E-state index < -0.39 is 72.6 Å². The Labute approximate surface area is 245 Å². The third-order valence-corrected chi connectivity index (χ3v) is 6.33. The number of carboxylic acid groups (broad SMARTS) is 2. The van der Waals surface area contributed by atoms with Crippen LogP contribution in [0.1, 0.15) is 37.7 Å². The molecule has 0 bridgehead atoms. The highest BCUT2D eigenvalue weighted by molar-refractivity contribution is 5.95. The summed E-state index contributed by atoms with van der Waals surface area (Å²) in [6.07, 6.45) is 0.339. The van der Waals surface area contributed by atoms with E-state index in [1.165, 1.54) is 0 Å². The highest BCUT2D eigenvalue weighted by atomic mass is 16.4. The summed E-state index contributed by atoms with van der Waals surface area (Å²) in [6.45, 7) is 0.0630. The first kappa shape index (κ1) is 34.0. The number of benzene rings is 1. The van der Waals surface area contributed by atoms with E-state index in [0.29, 0.717) is 0 Å². The molecule has 2 aromatic rings. The second-order valence-electron chi connectivity index (χ2n) is 9.74. The summed E-state index contributed by atoms with van der Waals surface area (Å²) in [5.41, 5.74) is 23.4. The zero-order chi connectivity index (χ0) is 32.1. The van der Waals surface area contributed by atoms with Gasteiger partial charge in [-0.2, -0.15) is 0 Å². The van der Waals surface area contributed by atoms with Crippen LogP contribution in [0.15, 0.2) is 35.5 Å². The van der Waals surface area contributed by atoms with E-state index in [2.05, 4.69) is 25.9 Å². The number of hydrogen-bond donors (Lipinski definition) is 10. The van der Waals surface area contributed by atoms with Gasteiger partial charge in [0.15, 0.2) is 5.96 Å². The Morgan fingerprint density at radius 2 is 1.47 bits per heavy atom. The topological polar surface area (TPSA) is 311 Å². The van der Waals surface area contributed by atoms with Crippen molar-refractivity contribution >= 4 is 52.4 Å². The molecule has 0 radical (unpaired) electrons. The lowest BCUT2D eigenvalue weighted by Gasteiger charge is -2.25. The minimum Gasteiger partial charge on any atom is -0.481 e. The number of hydrogen-bond acceptors (Lipinski definition) is 8. The van der Waals surface area contributed by atoms with Crippen molar-refractivity contribution in [1.29, 1.82) is 0 Å². The summed E-state index contributed by atoms with van der Waals surface area (Å²) < 4.78 is 0. The van der Waals surface area contributed by atoms with E-state index in [9.17, 15) is 39.0 Å². The van der Waals surface area contributed by atoms with Crippen LogP contribution in [-0.4, -0.2) is 87.4 Å². The Morgan fingerprint density at radius 3 is 2.07 bits per heavy atom. The smallest absolute Gasteiger partial charge is 0.326 e. The van der Waals surface area contributed by atoms with Gasteiger partial charge in [0.05, 0.1) is 12.5 Å². The van der Waals surface area contributed by atoms with Crippen LogP contribution in [0.3, 0.4) is 0 Å². The number of amides is 4. The molecule has 0 saturated carbocycles. The molecule has 0 aliphatic carbocycles. The maximum Gasteiger partial charge on any atom is 0.326 e. The maximum atomic E-state index is 13.3. The van der Waals surface area contributed by atoms with Gasteiger partial charge in [-0.15, -0.1) is 0 Å². The third-order valence-electron chi connectivity index (χ3n) is 6.33. The molecule has 0 spiro atoms. The number of aliphatic carboxylic acids is 2. The van der Waals surface area contributed by atoms with Crippen molar-refractivity contribution in [3.63, 3.8) is 0 Å². The van der Waals surface area contributed by atoms with Gasteiger partial charge >= 0.3 is 11.9 Å². The number of carbonyl (C=O) groups is 6. The first-order valence-electron chi connectivity index (χ1n) is 13.3. The van der Waals surface area contributed by atoms with Crippen LogP contribution >= 0.6 is 0 Å². The first-order chi connectivity index (χ1) is 20.3. The number of fused-ring (bicyclic) bond motifs is 1. The Morgan fingerprint density at radius 1 is 0.860 bits per heavy atom. The molecule has 0 fully saturated rings. The molecule has 2 rings (SSSR count). The average molecular weight is 604 g/mol. The third kappa shape index (κ3) is 11.3. The Kier molecular flexibility index (Phi) is 12.9. The molecular weight excluding hydrogens is 566 g/mol. The molecule has 1 aromatic heterocycles. The van der Waals surface area contributed by atoms with Crippen LogP contribution in [0.25, 0.3) is 10.9 Å². The SMILES string of the molecule is NC(=O)CC(NC(=O)C(CCCN=C(N)N)NC(=O)C(CCC(=O)O)NC(=O)C(N)Cc1c[nH]c2ccccc12)C(=O)O. The molecule has 0 aliphatic rings. The van der Waals surface area contributed by atoms with Gasteiger partial charge in [-0.25, -0.2) is 4.79 Å². The number of aliphatic imine (C=N–C) groups is 1. The Hall–Kier alpha value is -5.19. The molecule has 1 aromatic carbocycles. The summed E-state index contributed by atoms with van der Waals surface area (Å²) in [5.74, 6) is -6.59. The van der Waals surface area contributed by atoms with E-state index in [1.807, 2.05) is 24.3 Å². The number of H-pyrrole nitrogens is 1. The Balaban J connectivity index is 2.19. The number of nitrogens with one attached hydrogen (secondary N) is 4. The van der Waals surface area contributed by atoms with Crippen molar-refractivity contribution in [3.05, 3.63) is 36.0 Å². The van der Waals surface area contributed by atoms with Crippen molar-refractivity contribution in [2.75, 3.05) is 6.54 Å². The fourth-order valence-electron chi connectivity index (χ4n) is 4.16. The molecule has 43 heavy (non-hydrogen) atoms. The molecule has 4 unspecified atom stereocenters. The van der Waals surface area contributed by atoms with Gasteiger partial charge in [-0.05, 0) is 37.3 Å². The number of nitrogens with zero attached hydrogens (tertiary/aromatic N) is 1. The van der Waals surface area contributed by atoms with E-state index in [1.54, 1.807) is 6.20 Å². The minimum absolute atomic E-state index is 0.0630. The number of primary amides is 1. The number of carboxylic acids is 2. The molecule has 0 saturated heterocycles. The molecule has 4 amide bonds. The molecule has 0 aliphatic heterocycles. The van der Waals surface area contributed by atoms with Crippen LogP contribution in [-0.2, 0) is 35.2 Å². The van der Waals surface area contributed by atoms with E-state index in [0.717, 1.165) is 16.5 Å². The van der Waals surface area contributed by atoms with Crippen molar-refractivity contribution in [1.82, 2.24) is 20.9 Å². The molecule has 234 valence electrons. The van der Waals surface area contributed by atoms with E-state index in [-0.39, 0.29) is 38.2 Å². The fourth-order valence-corrected chi connectivity index (χ4v) is 4.16. The fraction of sp³-hybridized carbons (Fsp3) is 0.423. The molecule has 14 N–H and O–H groups in total. The molecule has 4 atom stereocenters. The average Bonchev–Trinajstić information content (AvgIpc) is 3.33. The molecule has 17 heteroatoms. The maximum absolute atomic E-state index is 13.3. The van der Waals surface area contributed by atoms with Crippen LogP contribution in [0, 0.1) is 0 Å². The van der Waals surface area contributed by atoms with Gasteiger partial charge in [0, 0.05) is 30.1 Å². The van der Waals surface area contributed by atoms with E-state index in [4.69, 9.17) is 22.9 Å². The van der Waals surface area contributed by atoms with Crippen LogP contribution in [0.4, 0.5) is 0 Å². The standard InChI is InChI=1S/C26H37N9O8/c27-15(10-13-12-32-16-5-2-1-4-14(13)16)22(39)33-18(7-8-21(37)38)24(41)34-17(6-3-9-31-26(29)30)23(40)35-19(25(42)43)11-20(28)36/h1-2,4-5,12,15,17-19,32H,3,6-11,27H2,(H2,28,36)(H,33,39)(H,34,41)(H,35,40)(H,37,38)(H,42,43)(H4,29,30,31). The summed E-state index contributed by atoms with van der Waals surface area (Å²) in [6, 6.07) is 1.81. The number of rotatable bonds is 18. The van der Waals surface area contributed by atoms with Gasteiger partial charge < -0.3 is 54.1 Å². The Bertz CT molecular complexity index is 1360. The largest absolute Gasteiger partial charge is 0.481 e. The molecular formula is C26H37N9O8. The number of para-hydroxylation sites is 1. The van der Waals surface area contributed by atoms with Crippen LogP contribution in [0.5, 0.6) is 0 Å². The molecule has 1 heterocycles. The number of aromatic nitrogens is 1. The van der Waals surface area contributed by atoms with Gasteiger partial charge in [0.2, 0.25) is 23.6 Å². The summed E-state index contributed by atoms with van der Waals surface area (Å²) >= 11 is 0. The summed E-state index contributed by atoms with van der Waals surface area (Å²) in [5, 5.41) is 26.4. The van der Waals surface area contributed by atoms with Crippen molar-refractivity contribution in [2.45, 2.75) is 62.7 Å². The monoisotopic (exact) mass is 603 g/mol.